The Bertz CT molecular complexity index is 1760. The molecular formula is C33H26N2O10. The molecule has 1 saturated heterocycles. The van der Waals surface area contributed by atoms with Gasteiger partial charge in [0.1, 0.15) is 12.7 Å². The first-order valence-electron chi connectivity index (χ1n) is 13.7. The second kappa shape index (κ2) is 14.1. The highest BCUT2D eigenvalue weighted by molar-refractivity contribution is 6.05. The summed E-state index contributed by atoms with van der Waals surface area (Å²) in [6.07, 6.45) is -3.38. The number of carbonyl (C=O) groups excluding carboxylic acids is 4. The molecule has 0 saturated carbocycles. The number of aldehydes is 1. The second-order valence-electron chi connectivity index (χ2n) is 9.71. The van der Waals surface area contributed by atoms with E-state index in [1.54, 1.807) is 66.7 Å². The van der Waals surface area contributed by atoms with Gasteiger partial charge in [-0.15, -0.1) is 0 Å². The maximum atomic E-state index is 13.3. The molecule has 0 radical (unpaired) electrons. The zero-order chi connectivity index (χ0) is 31.8. The molecule has 0 aliphatic carbocycles. The van der Waals surface area contributed by atoms with E-state index in [2.05, 4.69) is 4.98 Å². The molecule has 1 N–H and O–H groups in total. The minimum atomic E-state index is -1.44. The Morgan fingerprint density at radius 1 is 0.778 bits per heavy atom. The van der Waals surface area contributed by atoms with Gasteiger partial charge in [-0.1, -0.05) is 54.6 Å². The summed E-state index contributed by atoms with van der Waals surface area (Å²) in [5.74, 6) is -2.27. The number of hydrogen-bond acceptors (Lipinski definition) is 11. The summed E-state index contributed by atoms with van der Waals surface area (Å²) in [6.45, 7) is -0.445. The summed E-state index contributed by atoms with van der Waals surface area (Å²) in [6, 6.07) is 25.5. The third-order valence-corrected chi connectivity index (χ3v) is 6.84. The number of hydrogen-bond donors (Lipinski definition) is 1. The van der Waals surface area contributed by atoms with E-state index in [0.717, 1.165) is 4.57 Å². The smallest absolute Gasteiger partial charge is 0.350 e. The van der Waals surface area contributed by atoms with Gasteiger partial charge in [0, 0.05) is 6.20 Å². The van der Waals surface area contributed by atoms with E-state index in [0.29, 0.717) is 12.5 Å². The van der Waals surface area contributed by atoms with Gasteiger partial charge in [-0.3, -0.25) is 9.36 Å². The topological polar surface area (TPSA) is 160 Å². The summed E-state index contributed by atoms with van der Waals surface area (Å²) in [5, 5.41) is 9.32. The summed E-state index contributed by atoms with van der Waals surface area (Å²) in [5.41, 5.74) is -0.684. The van der Waals surface area contributed by atoms with Crippen LogP contribution in [-0.4, -0.2) is 63.8 Å². The van der Waals surface area contributed by atoms with Crippen LogP contribution in [0, 0.1) is 0 Å². The Balaban J connectivity index is 1.52. The van der Waals surface area contributed by atoms with Crippen LogP contribution in [0.25, 0.3) is 5.57 Å². The fourth-order valence-electron chi connectivity index (χ4n) is 4.61. The second-order valence-corrected chi connectivity index (χ2v) is 9.71. The van der Waals surface area contributed by atoms with Crippen LogP contribution in [-0.2, 0) is 23.7 Å². The van der Waals surface area contributed by atoms with Gasteiger partial charge >= 0.3 is 23.6 Å². The van der Waals surface area contributed by atoms with Crippen LogP contribution in [0.4, 0.5) is 0 Å². The largest absolute Gasteiger partial charge is 0.515 e. The molecule has 1 aromatic heterocycles. The molecule has 2 heterocycles. The van der Waals surface area contributed by atoms with Gasteiger partial charge in [-0.05, 0) is 42.5 Å². The average Bonchev–Trinajstić information content (AvgIpc) is 3.41. The Kier molecular flexibility index (Phi) is 9.55. The minimum absolute atomic E-state index is 0.120. The third kappa shape index (κ3) is 7.03. The Hall–Kier alpha value is -5.88. The maximum absolute atomic E-state index is 13.3. The monoisotopic (exact) mass is 610 g/mol. The third-order valence-electron chi connectivity index (χ3n) is 6.84. The van der Waals surface area contributed by atoms with Crippen molar-refractivity contribution in [2.45, 2.75) is 24.5 Å². The first kappa shape index (κ1) is 30.6. The SMILES string of the molecule is O=C/C(=C\O)c1ccn([C@@H]2O[C@H](COC(=O)c3ccccc3)[C@@H](OC(=O)c3ccccc3)[C@H]2OC(=O)c2ccccc2)c(=O)n1. The predicted molar refractivity (Wildman–Crippen MR) is 157 cm³/mol. The van der Waals surface area contributed by atoms with Gasteiger partial charge in [0.05, 0.1) is 34.2 Å². The number of carbonyl (C=O) groups is 4. The quantitative estimate of drug-likeness (QED) is 0.0919. The van der Waals surface area contributed by atoms with Crippen molar-refractivity contribution in [2.24, 2.45) is 0 Å². The number of rotatable bonds is 10. The summed E-state index contributed by atoms with van der Waals surface area (Å²) in [4.78, 5) is 67.6. The lowest BCUT2D eigenvalue weighted by Gasteiger charge is -2.25. The number of aromatic nitrogens is 2. The number of aliphatic hydroxyl groups excluding tert-OH is 1. The molecule has 4 aromatic rings. The van der Waals surface area contributed by atoms with Crippen molar-refractivity contribution in [3.63, 3.8) is 0 Å². The van der Waals surface area contributed by atoms with Crippen molar-refractivity contribution in [2.75, 3.05) is 6.61 Å². The van der Waals surface area contributed by atoms with Crippen molar-refractivity contribution in [1.29, 1.82) is 0 Å². The van der Waals surface area contributed by atoms with Crippen LogP contribution in [0.3, 0.4) is 0 Å². The summed E-state index contributed by atoms with van der Waals surface area (Å²) in [7, 11) is 0. The molecule has 45 heavy (non-hydrogen) atoms. The number of benzene rings is 3. The number of allylic oxidation sites excluding steroid dienone is 1. The number of ether oxygens (including phenoxy) is 4. The molecule has 0 spiro atoms. The Morgan fingerprint density at radius 3 is 1.78 bits per heavy atom. The van der Waals surface area contributed by atoms with Gasteiger partial charge in [-0.2, -0.15) is 4.98 Å². The standard InChI is InChI=1S/C33H26N2O10/c36-18-24(19-37)25-16-17-35(33(41)34-25)29-28(45-32(40)23-14-8-3-9-15-23)27(44-31(39)22-12-6-2-7-13-22)26(43-29)20-42-30(38)21-10-4-1-5-11-21/h1-19,26-29,36H,20H2/b24-18+/t26-,27-,28-,29-/m1/s1. The molecule has 1 fully saturated rings. The fourth-order valence-corrected chi connectivity index (χ4v) is 4.61. The van der Waals surface area contributed by atoms with Gasteiger partial charge in [0.25, 0.3) is 0 Å². The zero-order valence-corrected chi connectivity index (χ0v) is 23.5. The molecule has 5 rings (SSSR count). The molecule has 0 amide bonds. The Morgan fingerprint density at radius 2 is 1.29 bits per heavy atom. The molecule has 0 bridgehead atoms. The van der Waals surface area contributed by atoms with E-state index in [9.17, 15) is 29.1 Å². The van der Waals surface area contributed by atoms with Gasteiger partial charge in [0.2, 0.25) is 0 Å². The molecule has 3 aromatic carbocycles. The van der Waals surface area contributed by atoms with E-state index in [-0.39, 0.29) is 28.0 Å². The zero-order valence-electron chi connectivity index (χ0n) is 23.5. The van der Waals surface area contributed by atoms with E-state index >= 15 is 0 Å². The van der Waals surface area contributed by atoms with Crippen LogP contribution in [0.15, 0.2) is 114 Å². The van der Waals surface area contributed by atoms with Crippen LogP contribution in [0.5, 0.6) is 0 Å². The minimum Gasteiger partial charge on any atom is -0.515 e. The van der Waals surface area contributed by atoms with Crippen LogP contribution in [0.1, 0.15) is 43.0 Å². The maximum Gasteiger partial charge on any atom is 0.350 e. The van der Waals surface area contributed by atoms with E-state index < -0.39 is 54.7 Å². The lowest BCUT2D eigenvalue weighted by atomic mass is 10.1. The van der Waals surface area contributed by atoms with E-state index in [1.807, 2.05) is 0 Å². The predicted octanol–water partition coefficient (Wildman–Crippen LogP) is 3.55. The molecule has 12 nitrogen and oxygen atoms in total. The highest BCUT2D eigenvalue weighted by atomic mass is 16.7. The van der Waals surface area contributed by atoms with Gasteiger partial charge < -0.3 is 24.1 Å². The lowest BCUT2D eigenvalue weighted by molar-refractivity contribution is -0.103. The normalized spacial score (nSPS) is 19.3. The molecular weight excluding hydrogens is 584 g/mol. The first-order valence-corrected chi connectivity index (χ1v) is 13.7. The lowest BCUT2D eigenvalue weighted by Crippen LogP contribution is -2.42. The molecule has 1 aliphatic rings. The highest BCUT2D eigenvalue weighted by Crippen LogP contribution is 2.35. The number of nitrogens with zero attached hydrogens (tertiary/aromatic N) is 2. The van der Waals surface area contributed by atoms with Gasteiger partial charge in [-0.25, -0.2) is 19.2 Å². The summed E-state index contributed by atoms with van der Waals surface area (Å²) < 4.78 is 24.3. The van der Waals surface area contributed by atoms with E-state index in [4.69, 9.17) is 18.9 Å². The van der Waals surface area contributed by atoms with Crippen molar-refractivity contribution >= 4 is 29.8 Å². The molecule has 4 atom stereocenters. The first-order chi connectivity index (χ1) is 21.9. The van der Waals surface area contributed by atoms with Crippen molar-refractivity contribution in [3.8, 4) is 0 Å². The van der Waals surface area contributed by atoms with Crippen LogP contribution < -0.4 is 5.69 Å². The number of esters is 3. The van der Waals surface area contributed by atoms with Gasteiger partial charge in [0.15, 0.2) is 24.7 Å². The number of aliphatic hydroxyl groups is 1. The molecule has 1 aliphatic heterocycles. The fraction of sp³-hybridized carbons (Fsp3) is 0.152. The summed E-state index contributed by atoms with van der Waals surface area (Å²) >= 11 is 0. The molecule has 0 unspecified atom stereocenters. The average molecular weight is 611 g/mol. The van der Waals surface area contributed by atoms with E-state index in [1.165, 1.54) is 36.5 Å². The van der Waals surface area contributed by atoms with Crippen molar-refractivity contribution in [1.82, 2.24) is 9.55 Å². The molecule has 228 valence electrons. The van der Waals surface area contributed by atoms with Crippen molar-refractivity contribution < 1.29 is 43.2 Å². The molecule has 12 heteroatoms. The Labute approximate surface area is 256 Å². The van der Waals surface area contributed by atoms with Crippen molar-refractivity contribution in [3.05, 3.63) is 142 Å². The highest BCUT2D eigenvalue weighted by Gasteiger charge is 2.51. The van der Waals surface area contributed by atoms with Crippen LogP contribution >= 0.6 is 0 Å². The van der Waals surface area contributed by atoms with Crippen LogP contribution in [0.2, 0.25) is 0 Å².